The topological polar surface area (TPSA) is 130 Å². The van der Waals surface area contributed by atoms with Crippen LogP contribution in [0.4, 0.5) is 5.69 Å². The van der Waals surface area contributed by atoms with Gasteiger partial charge in [-0.05, 0) is 6.42 Å². The van der Waals surface area contributed by atoms with Crippen LogP contribution in [0.15, 0.2) is 17.0 Å². The van der Waals surface area contributed by atoms with Gasteiger partial charge in [0.1, 0.15) is 4.90 Å². The van der Waals surface area contributed by atoms with E-state index < -0.39 is 42.1 Å². The van der Waals surface area contributed by atoms with Gasteiger partial charge >= 0.3 is 5.97 Å². The second kappa shape index (κ2) is 6.83. The zero-order valence-electron chi connectivity index (χ0n) is 11.0. The summed E-state index contributed by atoms with van der Waals surface area (Å²) in [5, 5.41) is 15.2. The van der Waals surface area contributed by atoms with Gasteiger partial charge in [-0.25, -0.2) is 18.4 Å². The molecule has 0 amide bonds. The van der Waals surface area contributed by atoms with Gasteiger partial charge in [-0.2, -0.15) is 0 Å². The van der Waals surface area contributed by atoms with E-state index in [1.165, 1.54) is 0 Å². The quantitative estimate of drug-likeness (QED) is 0.365. The molecule has 2 N–H and O–H groups in total. The maximum absolute atomic E-state index is 11.8. The highest BCUT2D eigenvalue weighted by Crippen LogP contribution is 2.30. The van der Waals surface area contributed by atoms with E-state index in [4.69, 9.17) is 21.5 Å². The first-order valence-electron chi connectivity index (χ1n) is 5.86. The molecule has 0 atom stereocenters. The number of benzene rings is 1. The third-order valence-corrected chi connectivity index (χ3v) is 3.95. The van der Waals surface area contributed by atoms with E-state index in [0.29, 0.717) is 12.5 Å². The molecule has 1 aromatic carbocycles. The van der Waals surface area contributed by atoms with Crippen molar-refractivity contribution in [1.29, 1.82) is 0 Å². The molecule has 0 saturated carbocycles. The summed E-state index contributed by atoms with van der Waals surface area (Å²) >= 11 is 5.80. The number of halogens is 1. The summed E-state index contributed by atoms with van der Waals surface area (Å²) < 4.78 is 27.6. The molecule has 1 rings (SSSR count). The van der Waals surface area contributed by atoms with Crippen LogP contribution in [0, 0.1) is 10.1 Å². The van der Waals surface area contributed by atoms with Gasteiger partial charge in [-0.1, -0.05) is 24.9 Å². The fourth-order valence-electron chi connectivity index (χ4n) is 1.43. The molecule has 0 radical (unpaired) electrons. The van der Waals surface area contributed by atoms with E-state index in [1.807, 2.05) is 6.92 Å². The number of rotatable bonds is 6. The Labute approximate surface area is 126 Å². The molecule has 0 saturated heterocycles. The molecule has 8 nitrogen and oxygen atoms in total. The standard InChI is InChI=1S/C11H13ClN2O6S/c1-2-3-4-20-11(15)8-5-7(14(16)17)6-9(10(8)12)21(13,18)19/h5-6H,2-4H2,1H3,(H2,13,18,19). The summed E-state index contributed by atoms with van der Waals surface area (Å²) in [5.74, 6) is -0.943. The molecule has 0 spiro atoms. The van der Waals surface area contributed by atoms with Crippen LogP contribution in [-0.2, 0) is 14.8 Å². The number of nitro groups is 1. The summed E-state index contributed by atoms with van der Waals surface area (Å²) in [6, 6.07) is 1.55. The number of unbranched alkanes of at least 4 members (excludes halogenated alkanes) is 1. The Bertz CT molecular complexity index is 674. The molecule has 10 heteroatoms. The van der Waals surface area contributed by atoms with E-state index in [-0.39, 0.29) is 6.61 Å². The van der Waals surface area contributed by atoms with Crippen molar-refractivity contribution in [2.24, 2.45) is 5.14 Å². The van der Waals surface area contributed by atoms with Crippen molar-refractivity contribution in [3.8, 4) is 0 Å². The number of hydrogen-bond donors (Lipinski definition) is 1. The first kappa shape index (κ1) is 17.3. The van der Waals surface area contributed by atoms with Gasteiger partial charge in [0.05, 0.1) is 22.1 Å². The van der Waals surface area contributed by atoms with Crippen molar-refractivity contribution < 1.29 is 22.9 Å². The summed E-state index contributed by atoms with van der Waals surface area (Å²) in [6.07, 6.45) is 1.37. The lowest BCUT2D eigenvalue weighted by Crippen LogP contribution is -2.16. The van der Waals surface area contributed by atoms with Crippen LogP contribution >= 0.6 is 11.6 Å². The Kier molecular flexibility index (Phi) is 5.64. The van der Waals surface area contributed by atoms with Crippen molar-refractivity contribution >= 4 is 33.3 Å². The highest BCUT2D eigenvalue weighted by atomic mass is 35.5. The van der Waals surface area contributed by atoms with Crippen LogP contribution in [0.25, 0.3) is 0 Å². The first-order valence-corrected chi connectivity index (χ1v) is 7.78. The SMILES string of the molecule is CCCCOC(=O)c1cc([N+](=O)[O-])cc(S(N)(=O)=O)c1Cl. The summed E-state index contributed by atoms with van der Waals surface area (Å²) in [7, 11) is -4.31. The zero-order valence-corrected chi connectivity index (χ0v) is 12.6. The lowest BCUT2D eigenvalue weighted by atomic mass is 10.2. The van der Waals surface area contributed by atoms with E-state index >= 15 is 0 Å². The lowest BCUT2D eigenvalue weighted by molar-refractivity contribution is -0.385. The second-order valence-electron chi connectivity index (χ2n) is 4.10. The molecular formula is C11H13ClN2O6S. The number of ether oxygens (including phenoxy) is 1. The van der Waals surface area contributed by atoms with Crippen LogP contribution in [0.3, 0.4) is 0 Å². The van der Waals surface area contributed by atoms with Crippen molar-refractivity contribution in [3.05, 3.63) is 32.8 Å². The minimum atomic E-state index is -4.31. The number of carbonyl (C=O) groups excluding carboxylic acids is 1. The van der Waals surface area contributed by atoms with E-state index in [9.17, 15) is 23.3 Å². The molecular weight excluding hydrogens is 324 g/mol. The largest absolute Gasteiger partial charge is 0.462 e. The number of non-ortho nitro benzene ring substituents is 1. The minimum Gasteiger partial charge on any atom is -0.462 e. The third-order valence-electron chi connectivity index (χ3n) is 2.49. The smallest absolute Gasteiger partial charge is 0.339 e. The fourth-order valence-corrected chi connectivity index (χ4v) is 2.58. The predicted molar refractivity (Wildman–Crippen MR) is 74.7 cm³/mol. The molecule has 1 aromatic rings. The summed E-state index contributed by atoms with van der Waals surface area (Å²) in [6.45, 7) is 1.98. The summed E-state index contributed by atoms with van der Waals surface area (Å²) in [4.78, 5) is 21.1. The Morgan fingerprint density at radius 3 is 2.57 bits per heavy atom. The molecule has 0 aromatic heterocycles. The second-order valence-corrected chi connectivity index (χ2v) is 6.00. The molecule has 0 bridgehead atoms. The molecule has 0 aliphatic heterocycles. The first-order chi connectivity index (χ1) is 9.68. The van der Waals surface area contributed by atoms with E-state index in [1.54, 1.807) is 0 Å². The highest BCUT2D eigenvalue weighted by Gasteiger charge is 2.25. The van der Waals surface area contributed by atoms with Gasteiger partial charge < -0.3 is 4.74 Å². The molecule has 0 fully saturated rings. The van der Waals surface area contributed by atoms with Crippen molar-refractivity contribution in [3.63, 3.8) is 0 Å². The molecule has 0 aliphatic carbocycles. The molecule has 21 heavy (non-hydrogen) atoms. The Hall–Kier alpha value is -1.71. The van der Waals surface area contributed by atoms with Crippen LogP contribution in [0.5, 0.6) is 0 Å². The van der Waals surface area contributed by atoms with Gasteiger partial charge in [-0.3, -0.25) is 10.1 Å². The van der Waals surface area contributed by atoms with Crippen molar-refractivity contribution in [2.75, 3.05) is 6.61 Å². The number of carbonyl (C=O) groups is 1. The van der Waals surface area contributed by atoms with E-state index in [0.717, 1.165) is 12.5 Å². The highest BCUT2D eigenvalue weighted by molar-refractivity contribution is 7.89. The van der Waals surface area contributed by atoms with E-state index in [2.05, 4.69) is 0 Å². The molecule has 0 unspecified atom stereocenters. The Morgan fingerprint density at radius 1 is 1.48 bits per heavy atom. The van der Waals surface area contributed by atoms with Gasteiger partial charge in [-0.15, -0.1) is 0 Å². The van der Waals surface area contributed by atoms with Gasteiger partial charge in [0, 0.05) is 12.1 Å². The predicted octanol–water partition coefficient (Wildman–Crippen LogP) is 1.85. The Balaban J connectivity index is 3.34. The van der Waals surface area contributed by atoms with Gasteiger partial charge in [0.15, 0.2) is 0 Å². The fraction of sp³-hybridized carbons (Fsp3) is 0.364. The van der Waals surface area contributed by atoms with Crippen LogP contribution in [-0.4, -0.2) is 25.9 Å². The van der Waals surface area contributed by atoms with Crippen molar-refractivity contribution in [1.82, 2.24) is 0 Å². The average molecular weight is 337 g/mol. The number of esters is 1. The molecule has 0 heterocycles. The van der Waals surface area contributed by atoms with Crippen molar-refractivity contribution in [2.45, 2.75) is 24.7 Å². The Morgan fingerprint density at radius 2 is 2.10 bits per heavy atom. The third kappa shape index (κ3) is 4.38. The number of nitro benzene ring substituents is 1. The summed E-state index contributed by atoms with van der Waals surface area (Å²) in [5.41, 5.74) is -1.03. The number of nitrogens with zero attached hydrogens (tertiary/aromatic N) is 1. The lowest BCUT2D eigenvalue weighted by Gasteiger charge is -2.08. The monoisotopic (exact) mass is 336 g/mol. The van der Waals surface area contributed by atoms with Gasteiger partial charge in [0.2, 0.25) is 10.0 Å². The number of sulfonamides is 1. The average Bonchev–Trinajstić information content (AvgIpc) is 2.37. The van der Waals surface area contributed by atoms with Gasteiger partial charge in [0.25, 0.3) is 5.69 Å². The van der Waals surface area contributed by atoms with Crippen LogP contribution in [0.1, 0.15) is 30.1 Å². The number of hydrogen-bond acceptors (Lipinski definition) is 6. The molecule has 116 valence electrons. The van der Waals surface area contributed by atoms with Crippen LogP contribution in [0.2, 0.25) is 5.02 Å². The normalized spacial score (nSPS) is 11.2. The molecule has 0 aliphatic rings. The zero-order chi connectivity index (χ0) is 16.2. The maximum Gasteiger partial charge on any atom is 0.339 e. The maximum atomic E-state index is 11.8. The number of nitrogens with two attached hydrogens (primary N) is 1. The number of primary sulfonamides is 1. The minimum absolute atomic E-state index is 0.0963. The van der Waals surface area contributed by atoms with Crippen LogP contribution < -0.4 is 5.14 Å².